The highest BCUT2D eigenvalue weighted by atomic mass is 32.2. The van der Waals surface area contributed by atoms with Crippen LogP contribution in [0.3, 0.4) is 0 Å². The highest BCUT2D eigenvalue weighted by Crippen LogP contribution is 2.38. The first-order chi connectivity index (χ1) is 20.7. The predicted molar refractivity (Wildman–Crippen MR) is 166 cm³/mol. The van der Waals surface area contributed by atoms with E-state index in [1.807, 2.05) is 30.3 Å². The molecular weight excluding hydrogens is 570 g/mol. The second-order valence-electron chi connectivity index (χ2n) is 10.1. The number of fused-ring (bicyclic) bond motifs is 1. The first-order valence-electron chi connectivity index (χ1n) is 13.9. The number of nitrogens with zero attached hydrogens (tertiary/aromatic N) is 2. The Bertz CT molecular complexity index is 1670. The molecule has 1 saturated heterocycles. The van der Waals surface area contributed by atoms with Crippen LogP contribution in [0.5, 0.6) is 0 Å². The van der Waals surface area contributed by atoms with Gasteiger partial charge in [-0.15, -0.1) is 0 Å². The maximum absolute atomic E-state index is 13.3. The van der Waals surface area contributed by atoms with Crippen molar-refractivity contribution >= 4 is 56.1 Å². The number of amides is 2. The minimum atomic E-state index is -3.74. The summed E-state index contributed by atoms with van der Waals surface area (Å²) in [6.45, 7) is 4.05. The summed E-state index contributed by atoms with van der Waals surface area (Å²) in [4.78, 5) is 40.1. The van der Waals surface area contributed by atoms with Gasteiger partial charge < -0.3 is 25.6 Å². The van der Waals surface area contributed by atoms with Crippen LogP contribution < -0.4 is 20.3 Å². The molecule has 3 aromatic rings. The number of hydrogen-bond acceptors (Lipinski definition) is 8. The zero-order valence-electron chi connectivity index (χ0n) is 23.9. The molecule has 0 aromatic heterocycles. The fourth-order valence-corrected chi connectivity index (χ4v) is 5.89. The van der Waals surface area contributed by atoms with Gasteiger partial charge in [0.1, 0.15) is 6.54 Å². The molecule has 12 heteroatoms. The van der Waals surface area contributed by atoms with Gasteiger partial charge >= 0.3 is 5.97 Å². The molecule has 0 spiro atoms. The number of carbonyl (C=O) groups excluding carboxylic acids is 3. The summed E-state index contributed by atoms with van der Waals surface area (Å²) in [5.41, 5.74) is 4.06. The van der Waals surface area contributed by atoms with Gasteiger partial charge in [-0.2, -0.15) is 0 Å². The Kier molecular flexibility index (Phi) is 8.78. The minimum Gasteiger partial charge on any atom is -0.462 e. The Balaban J connectivity index is 1.46. The van der Waals surface area contributed by atoms with Gasteiger partial charge in [-0.25, -0.2) is 13.2 Å². The first-order valence-corrected chi connectivity index (χ1v) is 15.8. The summed E-state index contributed by atoms with van der Waals surface area (Å²) in [5.74, 6) is -1.08. The van der Waals surface area contributed by atoms with Crippen LogP contribution in [0.15, 0.2) is 72.8 Å². The smallest absolute Gasteiger partial charge is 0.338 e. The molecule has 2 aliphatic heterocycles. The Hall–Kier alpha value is -4.68. The van der Waals surface area contributed by atoms with E-state index in [-0.39, 0.29) is 25.0 Å². The molecule has 3 N–H and O–H groups in total. The molecule has 3 aromatic carbocycles. The molecular formula is C31H33N5O6S. The zero-order chi connectivity index (χ0) is 30.6. The number of hydrogen-bond donors (Lipinski definition) is 3. The molecule has 43 heavy (non-hydrogen) atoms. The van der Waals surface area contributed by atoms with Crippen LogP contribution in [-0.2, 0) is 24.3 Å². The molecule has 0 unspecified atom stereocenters. The quantitative estimate of drug-likeness (QED) is 0.251. The fraction of sp³-hybridized carbons (Fsp3) is 0.258. The molecule has 0 saturated carbocycles. The largest absolute Gasteiger partial charge is 0.462 e. The van der Waals surface area contributed by atoms with Gasteiger partial charge in [-0.05, 0) is 48.9 Å². The summed E-state index contributed by atoms with van der Waals surface area (Å²) in [6.07, 6.45) is 1.08. The second kappa shape index (κ2) is 12.7. The Morgan fingerprint density at radius 1 is 0.977 bits per heavy atom. The molecule has 0 radical (unpaired) electrons. The third-order valence-corrected chi connectivity index (χ3v) is 8.30. The summed E-state index contributed by atoms with van der Waals surface area (Å²) in [6, 6.07) is 20.9. The standard InChI is InChI=1S/C31H33N5O6S/c1-3-42-31(39)22-9-14-25-26(19-22)34-30(38)28(25)29(21-7-5-4-6-8-21)33-23-10-12-24(13-11-23)36(43(2,40)41)20-27(37)35-17-15-32-16-18-35/h4-14,19,32-33H,3,15-18,20H2,1-2H3,(H,34,38)/b29-28-. The van der Waals surface area contributed by atoms with Crippen molar-refractivity contribution in [2.45, 2.75) is 6.92 Å². The van der Waals surface area contributed by atoms with Gasteiger partial charge in [-0.3, -0.25) is 13.9 Å². The summed E-state index contributed by atoms with van der Waals surface area (Å²) < 4.78 is 31.5. The number of nitrogens with one attached hydrogen (secondary N) is 3. The van der Waals surface area contributed by atoms with Crippen molar-refractivity contribution in [2.24, 2.45) is 0 Å². The number of ether oxygens (including phenoxy) is 1. The Morgan fingerprint density at radius 3 is 2.33 bits per heavy atom. The van der Waals surface area contributed by atoms with E-state index in [0.29, 0.717) is 65.6 Å². The molecule has 0 aliphatic carbocycles. The van der Waals surface area contributed by atoms with Crippen molar-refractivity contribution in [2.75, 3.05) is 60.5 Å². The summed E-state index contributed by atoms with van der Waals surface area (Å²) in [7, 11) is -3.74. The van der Waals surface area contributed by atoms with Gasteiger partial charge in [0.05, 0.1) is 41.1 Å². The van der Waals surface area contributed by atoms with E-state index < -0.39 is 16.0 Å². The maximum atomic E-state index is 13.3. The highest BCUT2D eigenvalue weighted by Gasteiger charge is 2.30. The van der Waals surface area contributed by atoms with E-state index in [0.717, 1.165) is 16.1 Å². The van der Waals surface area contributed by atoms with E-state index in [1.54, 1.807) is 54.3 Å². The van der Waals surface area contributed by atoms with E-state index in [4.69, 9.17) is 4.74 Å². The molecule has 2 amide bonds. The predicted octanol–water partition coefficient (Wildman–Crippen LogP) is 2.99. The third-order valence-electron chi connectivity index (χ3n) is 7.16. The van der Waals surface area contributed by atoms with Crippen LogP contribution >= 0.6 is 0 Å². The molecule has 2 aliphatic rings. The van der Waals surface area contributed by atoms with Crippen molar-refractivity contribution in [1.29, 1.82) is 0 Å². The van der Waals surface area contributed by atoms with Crippen LogP contribution in [0, 0.1) is 0 Å². The van der Waals surface area contributed by atoms with E-state index in [2.05, 4.69) is 16.0 Å². The monoisotopic (exact) mass is 603 g/mol. The van der Waals surface area contributed by atoms with Gasteiger partial charge in [0.15, 0.2) is 0 Å². The molecule has 1 fully saturated rings. The molecule has 0 bridgehead atoms. The van der Waals surface area contributed by atoms with Gasteiger partial charge in [0.2, 0.25) is 15.9 Å². The number of rotatable bonds is 9. The van der Waals surface area contributed by atoms with Crippen molar-refractivity contribution in [3.05, 3.63) is 89.5 Å². The van der Waals surface area contributed by atoms with Crippen molar-refractivity contribution < 1.29 is 27.5 Å². The Labute approximate surface area is 250 Å². The zero-order valence-corrected chi connectivity index (χ0v) is 24.7. The molecule has 2 heterocycles. The average Bonchev–Trinajstić information content (AvgIpc) is 3.34. The summed E-state index contributed by atoms with van der Waals surface area (Å²) >= 11 is 0. The maximum Gasteiger partial charge on any atom is 0.338 e. The average molecular weight is 604 g/mol. The Morgan fingerprint density at radius 2 is 1.67 bits per heavy atom. The van der Waals surface area contributed by atoms with Crippen molar-refractivity contribution in [3.63, 3.8) is 0 Å². The number of sulfonamides is 1. The topological polar surface area (TPSA) is 137 Å². The number of benzene rings is 3. The molecule has 224 valence electrons. The number of piperazine rings is 1. The van der Waals surface area contributed by atoms with E-state index >= 15 is 0 Å². The molecule has 0 atom stereocenters. The van der Waals surface area contributed by atoms with Gasteiger partial charge in [-0.1, -0.05) is 36.4 Å². The van der Waals surface area contributed by atoms with E-state index in [1.165, 1.54) is 0 Å². The second-order valence-corrected chi connectivity index (χ2v) is 12.0. The van der Waals surface area contributed by atoms with Crippen LogP contribution in [0.4, 0.5) is 17.1 Å². The lowest BCUT2D eigenvalue weighted by Crippen LogP contribution is -2.50. The molecule has 11 nitrogen and oxygen atoms in total. The summed E-state index contributed by atoms with van der Waals surface area (Å²) in [5, 5.41) is 9.37. The highest BCUT2D eigenvalue weighted by molar-refractivity contribution is 7.92. The lowest BCUT2D eigenvalue weighted by Gasteiger charge is -2.30. The van der Waals surface area contributed by atoms with Crippen LogP contribution in [0.1, 0.15) is 28.4 Å². The minimum absolute atomic E-state index is 0.239. The lowest BCUT2D eigenvalue weighted by molar-refractivity contribution is -0.130. The van der Waals surface area contributed by atoms with Gasteiger partial charge in [0, 0.05) is 37.4 Å². The fourth-order valence-electron chi connectivity index (χ4n) is 5.04. The van der Waals surface area contributed by atoms with Crippen LogP contribution in [0.25, 0.3) is 11.3 Å². The van der Waals surface area contributed by atoms with E-state index in [9.17, 15) is 22.8 Å². The first kappa shape index (κ1) is 29.8. The van der Waals surface area contributed by atoms with Crippen molar-refractivity contribution in [3.8, 4) is 0 Å². The number of esters is 1. The number of carbonyl (C=O) groups is 3. The number of anilines is 3. The van der Waals surface area contributed by atoms with Gasteiger partial charge in [0.25, 0.3) is 5.91 Å². The normalized spacial score (nSPS) is 15.8. The third kappa shape index (κ3) is 6.71. The van der Waals surface area contributed by atoms with Crippen molar-refractivity contribution in [1.82, 2.24) is 10.2 Å². The molecule has 5 rings (SSSR count). The lowest BCUT2D eigenvalue weighted by atomic mass is 9.99. The van der Waals surface area contributed by atoms with Crippen LogP contribution in [-0.4, -0.2) is 76.7 Å². The van der Waals surface area contributed by atoms with Crippen LogP contribution in [0.2, 0.25) is 0 Å². The SMILES string of the molecule is CCOC(=O)c1ccc2c(c1)NC(=O)/C2=C(\Nc1ccc(N(CC(=O)N2CCNCC2)S(C)(=O)=O)cc1)c1ccccc1.